The van der Waals surface area contributed by atoms with Crippen LogP contribution in [0.25, 0.3) is 0 Å². The molecule has 6 nitrogen and oxygen atoms in total. The number of nitrogens with one attached hydrogen (secondary N) is 2. The Kier molecular flexibility index (Phi) is 6.83. The van der Waals surface area contributed by atoms with Crippen LogP contribution in [-0.4, -0.2) is 24.2 Å². The first-order valence-corrected chi connectivity index (χ1v) is 10.6. The molecule has 1 unspecified atom stereocenters. The molecule has 1 atom stereocenters. The van der Waals surface area contributed by atoms with Gasteiger partial charge in [0.15, 0.2) is 0 Å². The van der Waals surface area contributed by atoms with Crippen molar-refractivity contribution in [2.75, 3.05) is 0 Å². The summed E-state index contributed by atoms with van der Waals surface area (Å²) in [6.07, 6.45) is 5.94. The van der Waals surface area contributed by atoms with E-state index in [-0.39, 0.29) is 24.2 Å². The number of allylic oxidation sites excluding steroid dienone is 1. The Labute approximate surface area is 173 Å². The number of ether oxygens (including phenoxy) is 2. The van der Waals surface area contributed by atoms with Crippen LogP contribution in [0.5, 0.6) is 5.75 Å². The molecule has 1 aliphatic heterocycles. The first-order chi connectivity index (χ1) is 13.8. The van der Waals surface area contributed by atoms with E-state index in [1.54, 1.807) is 0 Å². The molecule has 1 fully saturated rings. The molecule has 2 N–H and O–H groups in total. The Balaban J connectivity index is 1.86. The van der Waals surface area contributed by atoms with Crippen molar-refractivity contribution in [1.82, 2.24) is 10.6 Å². The smallest absolute Gasteiger partial charge is 0.338 e. The molecule has 2 aliphatic rings. The monoisotopic (exact) mass is 400 g/mol. The van der Waals surface area contributed by atoms with Gasteiger partial charge in [0.05, 0.1) is 23.8 Å². The van der Waals surface area contributed by atoms with E-state index in [9.17, 15) is 9.59 Å². The summed E-state index contributed by atoms with van der Waals surface area (Å²) in [5.41, 5.74) is 1.88. The van der Waals surface area contributed by atoms with Gasteiger partial charge in [-0.15, -0.1) is 0 Å². The highest BCUT2D eigenvalue weighted by Gasteiger charge is 2.35. The molecule has 1 aliphatic carbocycles. The third-order valence-corrected chi connectivity index (χ3v) is 5.31. The average Bonchev–Trinajstić information content (AvgIpc) is 2.68. The summed E-state index contributed by atoms with van der Waals surface area (Å²) in [5.74, 6) is 0.385. The number of esters is 1. The summed E-state index contributed by atoms with van der Waals surface area (Å²) >= 11 is 0. The largest absolute Gasteiger partial charge is 0.490 e. The van der Waals surface area contributed by atoms with Crippen LogP contribution in [0.15, 0.2) is 35.5 Å². The minimum atomic E-state index is -0.559. The molecule has 158 valence electrons. The van der Waals surface area contributed by atoms with Gasteiger partial charge < -0.3 is 20.1 Å². The van der Waals surface area contributed by atoms with Gasteiger partial charge in [0.2, 0.25) is 0 Å². The zero-order valence-electron chi connectivity index (χ0n) is 17.8. The van der Waals surface area contributed by atoms with Crippen molar-refractivity contribution in [1.29, 1.82) is 0 Å². The highest BCUT2D eigenvalue weighted by Crippen LogP contribution is 2.32. The highest BCUT2D eigenvalue weighted by molar-refractivity contribution is 5.95. The molecule has 1 saturated carbocycles. The normalized spacial score (nSPS) is 20.5. The molecule has 29 heavy (non-hydrogen) atoms. The van der Waals surface area contributed by atoms with Crippen molar-refractivity contribution in [2.45, 2.75) is 78.0 Å². The minimum absolute atomic E-state index is 0.0211. The maximum atomic E-state index is 12.8. The van der Waals surface area contributed by atoms with Gasteiger partial charge in [-0.2, -0.15) is 0 Å². The molecule has 3 rings (SSSR count). The summed E-state index contributed by atoms with van der Waals surface area (Å²) in [6, 6.07) is 6.78. The Morgan fingerprint density at radius 1 is 1.03 bits per heavy atom. The van der Waals surface area contributed by atoms with Gasteiger partial charge >= 0.3 is 12.0 Å². The average molecular weight is 401 g/mol. The predicted octanol–water partition coefficient (Wildman–Crippen LogP) is 4.61. The van der Waals surface area contributed by atoms with Crippen molar-refractivity contribution in [3.63, 3.8) is 0 Å². The molecule has 0 saturated heterocycles. The lowest BCUT2D eigenvalue weighted by Gasteiger charge is -2.31. The number of rotatable bonds is 6. The number of hydrogen-bond acceptors (Lipinski definition) is 4. The van der Waals surface area contributed by atoms with Crippen molar-refractivity contribution in [3.8, 4) is 5.75 Å². The Bertz CT molecular complexity index is 762. The second-order valence-electron chi connectivity index (χ2n) is 8.41. The number of urea groups is 1. The van der Waals surface area contributed by atoms with Gasteiger partial charge in [-0.05, 0) is 63.1 Å². The highest BCUT2D eigenvalue weighted by atomic mass is 16.5. The third-order valence-electron chi connectivity index (χ3n) is 5.31. The van der Waals surface area contributed by atoms with Gasteiger partial charge in [0, 0.05) is 5.70 Å². The zero-order valence-corrected chi connectivity index (χ0v) is 17.8. The molecule has 0 radical (unpaired) electrons. The van der Waals surface area contributed by atoms with E-state index >= 15 is 0 Å². The van der Waals surface area contributed by atoms with E-state index in [1.165, 1.54) is 19.3 Å². The first kappa shape index (κ1) is 21.2. The van der Waals surface area contributed by atoms with Crippen molar-refractivity contribution < 1.29 is 19.1 Å². The van der Waals surface area contributed by atoms with Gasteiger partial charge in [-0.1, -0.05) is 32.4 Å². The lowest BCUT2D eigenvalue weighted by atomic mass is 9.91. The van der Waals surface area contributed by atoms with Crippen LogP contribution in [-0.2, 0) is 9.53 Å². The molecule has 1 aromatic carbocycles. The molecule has 0 bridgehead atoms. The second kappa shape index (κ2) is 9.33. The van der Waals surface area contributed by atoms with Crippen LogP contribution in [0.4, 0.5) is 4.79 Å². The van der Waals surface area contributed by atoms with Crippen LogP contribution < -0.4 is 15.4 Å². The van der Waals surface area contributed by atoms with Gasteiger partial charge in [-0.3, -0.25) is 0 Å². The lowest BCUT2D eigenvalue weighted by molar-refractivity contribution is -0.143. The van der Waals surface area contributed by atoms with E-state index in [2.05, 4.69) is 10.6 Å². The molecular formula is C23H32N2O4. The maximum absolute atomic E-state index is 12.8. The molecule has 1 heterocycles. The standard InChI is InChI=1S/C23H32N2O4/c1-14(2)20-19(22(26)28-15(3)4)21(25-23(27)24-20)16-10-12-18(13-11-16)29-17-8-6-5-7-9-17/h10-15,17,21H,5-9H2,1-4H3,(H2,24,25,27). The van der Waals surface area contributed by atoms with E-state index in [4.69, 9.17) is 9.47 Å². The predicted molar refractivity (Wildman–Crippen MR) is 111 cm³/mol. The Morgan fingerprint density at radius 3 is 2.28 bits per heavy atom. The molecule has 6 heteroatoms. The SMILES string of the molecule is CC(C)OC(=O)C1=C(C(C)C)NC(=O)NC1c1ccc(OC2CCCCC2)cc1. The molecular weight excluding hydrogens is 368 g/mol. The fourth-order valence-electron chi connectivity index (χ4n) is 3.91. The summed E-state index contributed by atoms with van der Waals surface area (Å²) < 4.78 is 11.6. The fraction of sp³-hybridized carbons (Fsp3) is 0.565. The number of carbonyl (C=O) groups is 2. The molecule has 1 aromatic rings. The van der Waals surface area contributed by atoms with Crippen molar-refractivity contribution >= 4 is 12.0 Å². The quantitative estimate of drug-likeness (QED) is 0.684. The fourth-order valence-corrected chi connectivity index (χ4v) is 3.91. The van der Waals surface area contributed by atoms with E-state index < -0.39 is 12.0 Å². The lowest BCUT2D eigenvalue weighted by Crippen LogP contribution is -2.47. The minimum Gasteiger partial charge on any atom is -0.490 e. The number of benzene rings is 1. The van der Waals surface area contributed by atoms with Gasteiger partial charge in [0.1, 0.15) is 5.75 Å². The van der Waals surface area contributed by atoms with Crippen molar-refractivity contribution in [3.05, 3.63) is 41.1 Å². The van der Waals surface area contributed by atoms with E-state index in [0.717, 1.165) is 24.2 Å². The summed E-state index contributed by atoms with van der Waals surface area (Å²) in [4.78, 5) is 25.1. The number of amides is 2. The Hall–Kier alpha value is -2.50. The van der Waals surface area contributed by atoms with Crippen LogP contribution >= 0.6 is 0 Å². The van der Waals surface area contributed by atoms with Gasteiger partial charge in [0.25, 0.3) is 0 Å². The van der Waals surface area contributed by atoms with Crippen LogP contribution in [0.2, 0.25) is 0 Å². The van der Waals surface area contributed by atoms with Crippen LogP contribution in [0.3, 0.4) is 0 Å². The topological polar surface area (TPSA) is 76.7 Å². The maximum Gasteiger partial charge on any atom is 0.338 e. The van der Waals surface area contributed by atoms with E-state index in [0.29, 0.717) is 11.3 Å². The van der Waals surface area contributed by atoms with Crippen LogP contribution in [0, 0.1) is 5.92 Å². The second-order valence-corrected chi connectivity index (χ2v) is 8.41. The zero-order chi connectivity index (χ0) is 21.0. The van der Waals surface area contributed by atoms with E-state index in [1.807, 2.05) is 52.0 Å². The number of carbonyl (C=O) groups excluding carboxylic acids is 2. The molecule has 2 amide bonds. The molecule has 0 spiro atoms. The summed E-state index contributed by atoms with van der Waals surface area (Å²) in [6.45, 7) is 7.52. The van der Waals surface area contributed by atoms with Crippen molar-refractivity contribution in [2.24, 2.45) is 5.92 Å². The Morgan fingerprint density at radius 2 is 1.69 bits per heavy atom. The third kappa shape index (κ3) is 5.31. The first-order valence-electron chi connectivity index (χ1n) is 10.6. The summed E-state index contributed by atoms with van der Waals surface area (Å²) in [7, 11) is 0. The molecule has 0 aromatic heterocycles. The summed E-state index contributed by atoms with van der Waals surface area (Å²) in [5, 5.41) is 5.66. The van der Waals surface area contributed by atoms with Crippen LogP contribution in [0.1, 0.15) is 71.4 Å². The number of hydrogen-bond donors (Lipinski definition) is 2. The van der Waals surface area contributed by atoms with Gasteiger partial charge in [-0.25, -0.2) is 9.59 Å².